The summed E-state index contributed by atoms with van der Waals surface area (Å²) in [4.78, 5) is 11.9. The number of hydrogen-bond acceptors (Lipinski definition) is 1. The van der Waals surface area contributed by atoms with Crippen LogP contribution in [0, 0.1) is 6.54 Å². The summed E-state index contributed by atoms with van der Waals surface area (Å²) in [5, 5.41) is 2.65. The molecular formula is C16H11NO. The summed E-state index contributed by atoms with van der Waals surface area (Å²) in [5.74, 6) is -0.0972. The molecule has 0 unspecified atom stereocenters. The van der Waals surface area contributed by atoms with Crippen LogP contribution in [0.4, 0.5) is 0 Å². The predicted octanol–water partition coefficient (Wildman–Crippen LogP) is 2.77. The minimum absolute atomic E-state index is 0.0972. The third-order valence-corrected chi connectivity index (χ3v) is 2.90. The van der Waals surface area contributed by atoms with Gasteiger partial charge in [-0.1, -0.05) is 60.7 Å². The molecule has 3 rings (SSSR count). The van der Waals surface area contributed by atoms with Gasteiger partial charge in [-0.05, 0) is 11.1 Å². The van der Waals surface area contributed by atoms with Crippen LogP contribution in [0.3, 0.4) is 0 Å². The zero-order valence-corrected chi connectivity index (χ0v) is 9.68. The molecule has 1 aliphatic rings. The van der Waals surface area contributed by atoms with Gasteiger partial charge in [-0.25, -0.2) is 0 Å². The van der Waals surface area contributed by atoms with Crippen molar-refractivity contribution in [2.45, 2.75) is 0 Å². The monoisotopic (exact) mass is 233 g/mol. The van der Waals surface area contributed by atoms with Gasteiger partial charge in [-0.3, -0.25) is 4.79 Å². The van der Waals surface area contributed by atoms with Gasteiger partial charge in [0.05, 0.1) is 5.57 Å². The average molecular weight is 233 g/mol. The maximum Gasteiger partial charge on any atom is 0.253 e. The van der Waals surface area contributed by atoms with Crippen LogP contribution in [-0.4, -0.2) is 5.91 Å². The molecule has 0 bridgehead atoms. The first-order valence-electron chi connectivity index (χ1n) is 5.78. The van der Waals surface area contributed by atoms with E-state index in [0.717, 1.165) is 16.7 Å². The number of carbonyl (C=O) groups excluding carboxylic acids is 1. The fraction of sp³-hybridized carbons (Fsp3) is 0. The second-order valence-electron chi connectivity index (χ2n) is 4.06. The fourth-order valence-corrected chi connectivity index (χ4v) is 2.06. The quantitative estimate of drug-likeness (QED) is 0.849. The summed E-state index contributed by atoms with van der Waals surface area (Å²) in [6, 6.07) is 19.5. The van der Waals surface area contributed by atoms with Gasteiger partial charge >= 0.3 is 0 Å². The maximum absolute atomic E-state index is 11.9. The lowest BCUT2D eigenvalue weighted by Crippen LogP contribution is -2.13. The summed E-state index contributed by atoms with van der Waals surface area (Å²) in [7, 11) is 0. The van der Waals surface area contributed by atoms with Crippen molar-refractivity contribution in [2.75, 3.05) is 0 Å². The van der Waals surface area contributed by atoms with E-state index >= 15 is 0 Å². The Kier molecular flexibility index (Phi) is 2.69. The van der Waals surface area contributed by atoms with E-state index in [0.29, 0.717) is 5.57 Å². The third kappa shape index (κ3) is 1.82. The first-order chi connectivity index (χ1) is 8.86. The molecule has 2 aromatic carbocycles. The van der Waals surface area contributed by atoms with Gasteiger partial charge in [0.2, 0.25) is 0 Å². The first kappa shape index (κ1) is 10.8. The van der Waals surface area contributed by atoms with Crippen molar-refractivity contribution in [3.63, 3.8) is 0 Å². The van der Waals surface area contributed by atoms with Gasteiger partial charge in [-0.15, -0.1) is 0 Å². The molecule has 1 amide bonds. The lowest BCUT2D eigenvalue weighted by molar-refractivity contribution is -0.114. The van der Waals surface area contributed by atoms with Crippen LogP contribution in [0.15, 0.2) is 60.7 Å². The van der Waals surface area contributed by atoms with Gasteiger partial charge in [0.25, 0.3) is 5.91 Å². The molecule has 0 saturated heterocycles. The van der Waals surface area contributed by atoms with Crippen molar-refractivity contribution in [1.82, 2.24) is 5.32 Å². The van der Waals surface area contributed by atoms with Crippen LogP contribution in [0.2, 0.25) is 0 Å². The normalized spacial score (nSPS) is 14.8. The molecule has 1 aliphatic heterocycles. The van der Waals surface area contributed by atoms with Gasteiger partial charge in [0, 0.05) is 5.57 Å². The number of hydrogen-bond donors (Lipinski definition) is 1. The standard InChI is InChI=1S/C16H11NO/c18-16-15(13-9-5-2-6-10-13)14(11-17-16)12-7-3-1-4-8-12/h1-10H,(H,17,18). The summed E-state index contributed by atoms with van der Waals surface area (Å²) in [6.07, 6.45) is 0. The molecule has 0 aliphatic carbocycles. The van der Waals surface area contributed by atoms with E-state index in [-0.39, 0.29) is 5.91 Å². The number of carbonyl (C=O) groups is 1. The molecular weight excluding hydrogens is 222 g/mol. The largest absolute Gasteiger partial charge is 0.337 e. The summed E-state index contributed by atoms with van der Waals surface area (Å²) >= 11 is 0. The molecule has 2 aromatic rings. The molecule has 0 saturated carbocycles. The topological polar surface area (TPSA) is 29.1 Å². The van der Waals surface area contributed by atoms with Crippen LogP contribution >= 0.6 is 0 Å². The Balaban J connectivity index is 2.16. The molecule has 18 heavy (non-hydrogen) atoms. The number of rotatable bonds is 2. The first-order valence-corrected chi connectivity index (χ1v) is 5.78. The van der Waals surface area contributed by atoms with E-state index in [9.17, 15) is 4.79 Å². The van der Waals surface area contributed by atoms with Crippen LogP contribution in [-0.2, 0) is 4.79 Å². The average Bonchev–Trinajstić information content (AvgIpc) is 2.83. The van der Waals surface area contributed by atoms with Crippen LogP contribution in [0.5, 0.6) is 0 Å². The summed E-state index contributed by atoms with van der Waals surface area (Å²) < 4.78 is 0. The van der Waals surface area contributed by atoms with E-state index in [1.807, 2.05) is 60.7 Å². The Labute approximate surface area is 106 Å². The van der Waals surface area contributed by atoms with Gasteiger partial charge in [0.1, 0.15) is 6.54 Å². The van der Waals surface area contributed by atoms with Crippen LogP contribution < -0.4 is 5.32 Å². The van der Waals surface area contributed by atoms with Crippen molar-refractivity contribution in [1.29, 1.82) is 0 Å². The van der Waals surface area contributed by atoms with Gasteiger partial charge < -0.3 is 5.32 Å². The van der Waals surface area contributed by atoms with E-state index in [1.54, 1.807) is 0 Å². The lowest BCUT2D eigenvalue weighted by Gasteiger charge is -2.04. The number of benzene rings is 2. The van der Waals surface area contributed by atoms with Crippen molar-refractivity contribution in [3.8, 4) is 0 Å². The Morgan fingerprint density at radius 1 is 0.778 bits per heavy atom. The minimum atomic E-state index is -0.0972. The van der Waals surface area contributed by atoms with E-state index in [1.165, 1.54) is 0 Å². The lowest BCUT2D eigenvalue weighted by atomic mass is 9.97. The molecule has 0 spiro atoms. The fourth-order valence-electron chi connectivity index (χ4n) is 2.06. The van der Waals surface area contributed by atoms with Crippen molar-refractivity contribution >= 4 is 17.1 Å². The third-order valence-electron chi connectivity index (χ3n) is 2.90. The highest BCUT2D eigenvalue weighted by Gasteiger charge is 2.25. The number of amides is 1. The van der Waals surface area contributed by atoms with E-state index in [2.05, 4.69) is 11.9 Å². The van der Waals surface area contributed by atoms with E-state index < -0.39 is 0 Å². The second-order valence-corrected chi connectivity index (χ2v) is 4.06. The molecule has 0 fully saturated rings. The molecule has 0 aromatic heterocycles. The Morgan fingerprint density at radius 3 is 1.94 bits per heavy atom. The zero-order chi connectivity index (χ0) is 12.4. The minimum Gasteiger partial charge on any atom is -0.337 e. The Hall–Kier alpha value is -2.35. The second kappa shape index (κ2) is 4.49. The van der Waals surface area contributed by atoms with E-state index in [4.69, 9.17) is 0 Å². The van der Waals surface area contributed by atoms with Crippen molar-refractivity contribution in [3.05, 3.63) is 78.3 Å². The van der Waals surface area contributed by atoms with Crippen molar-refractivity contribution in [2.24, 2.45) is 0 Å². The molecule has 2 radical (unpaired) electrons. The summed E-state index contributed by atoms with van der Waals surface area (Å²) in [6.45, 7) is 2.95. The molecule has 1 heterocycles. The molecule has 2 heteroatoms. The maximum atomic E-state index is 11.9. The summed E-state index contributed by atoms with van der Waals surface area (Å²) in [5.41, 5.74) is 3.42. The molecule has 1 N–H and O–H groups in total. The molecule has 2 nitrogen and oxygen atoms in total. The van der Waals surface area contributed by atoms with Crippen molar-refractivity contribution < 1.29 is 4.79 Å². The Morgan fingerprint density at radius 2 is 1.33 bits per heavy atom. The van der Waals surface area contributed by atoms with Gasteiger partial charge in [-0.2, -0.15) is 0 Å². The van der Waals surface area contributed by atoms with Gasteiger partial charge in [0.15, 0.2) is 0 Å². The zero-order valence-electron chi connectivity index (χ0n) is 9.68. The molecule has 0 atom stereocenters. The van der Waals surface area contributed by atoms with Crippen LogP contribution in [0.1, 0.15) is 11.1 Å². The smallest absolute Gasteiger partial charge is 0.253 e. The Bertz CT molecular complexity index is 600. The molecule has 86 valence electrons. The van der Waals surface area contributed by atoms with Crippen LogP contribution in [0.25, 0.3) is 11.1 Å². The highest BCUT2D eigenvalue weighted by molar-refractivity contribution is 6.31. The highest BCUT2D eigenvalue weighted by Crippen LogP contribution is 2.31. The SMILES string of the molecule is O=C1N[C]C(c2ccccc2)=C1c1ccccc1. The predicted molar refractivity (Wildman–Crippen MR) is 71.1 cm³/mol. The highest BCUT2D eigenvalue weighted by atomic mass is 16.1. The number of nitrogens with one attached hydrogen (secondary N) is 1.